The second kappa shape index (κ2) is 3.42. The summed E-state index contributed by atoms with van der Waals surface area (Å²) in [6, 6.07) is 6.83. The summed E-state index contributed by atoms with van der Waals surface area (Å²) < 4.78 is 13.3. The van der Waals surface area contributed by atoms with Crippen LogP contribution < -0.4 is 4.90 Å². The summed E-state index contributed by atoms with van der Waals surface area (Å²) in [6.07, 6.45) is 1.91. The first-order chi connectivity index (χ1) is 6.29. The van der Waals surface area contributed by atoms with Gasteiger partial charge in [-0.25, -0.2) is 4.39 Å². The highest BCUT2D eigenvalue weighted by Gasteiger charge is 2.18. The number of anilines is 1. The third kappa shape index (κ3) is 1.56. The van der Waals surface area contributed by atoms with Crippen molar-refractivity contribution in [2.24, 2.45) is 0 Å². The molecule has 0 spiro atoms. The van der Waals surface area contributed by atoms with E-state index in [0.29, 0.717) is 5.69 Å². The number of para-hydroxylation sites is 1. The molecule has 1 aliphatic heterocycles. The van der Waals surface area contributed by atoms with Crippen LogP contribution in [0.25, 0.3) is 0 Å². The molecule has 0 N–H and O–H groups in total. The maximum atomic E-state index is 13.3. The number of thioether (sulfide) groups is 1. The van der Waals surface area contributed by atoms with E-state index >= 15 is 0 Å². The standard InChI is InChI=1S/C10H10FNS/c1-8-12(6-7-13-8)10-5-3-2-4-9(10)11/h2-8H,1H3. The summed E-state index contributed by atoms with van der Waals surface area (Å²) in [5.74, 6) is -0.165. The number of hydrogen-bond acceptors (Lipinski definition) is 2. The van der Waals surface area contributed by atoms with Crippen LogP contribution in [0.1, 0.15) is 6.92 Å². The van der Waals surface area contributed by atoms with Gasteiger partial charge in [0.05, 0.1) is 11.1 Å². The van der Waals surface area contributed by atoms with E-state index in [-0.39, 0.29) is 11.2 Å². The third-order valence-corrected chi connectivity index (χ3v) is 2.92. The average molecular weight is 195 g/mol. The lowest BCUT2D eigenvalue weighted by Crippen LogP contribution is -2.21. The first-order valence-electron chi connectivity index (χ1n) is 4.14. The van der Waals surface area contributed by atoms with Crippen molar-refractivity contribution in [3.63, 3.8) is 0 Å². The van der Waals surface area contributed by atoms with Crippen molar-refractivity contribution in [1.29, 1.82) is 0 Å². The summed E-state index contributed by atoms with van der Waals surface area (Å²) in [5.41, 5.74) is 0.649. The Balaban J connectivity index is 2.35. The summed E-state index contributed by atoms with van der Waals surface area (Å²) in [5, 5.41) is 2.27. The Morgan fingerprint density at radius 1 is 1.38 bits per heavy atom. The molecule has 0 saturated heterocycles. The normalized spacial score (nSPS) is 21.1. The van der Waals surface area contributed by atoms with E-state index in [0.717, 1.165) is 0 Å². The summed E-state index contributed by atoms with van der Waals surface area (Å²) in [4.78, 5) is 1.93. The van der Waals surface area contributed by atoms with E-state index in [1.54, 1.807) is 23.9 Å². The molecule has 1 aliphatic rings. The topological polar surface area (TPSA) is 3.24 Å². The van der Waals surface area contributed by atoms with Gasteiger partial charge in [-0.15, -0.1) is 11.8 Å². The van der Waals surface area contributed by atoms with Crippen molar-refractivity contribution in [2.75, 3.05) is 4.90 Å². The predicted octanol–water partition coefficient (Wildman–Crippen LogP) is 3.20. The van der Waals surface area contributed by atoms with E-state index in [2.05, 4.69) is 6.92 Å². The molecular formula is C10H10FNS. The maximum Gasteiger partial charge on any atom is 0.146 e. The minimum Gasteiger partial charge on any atom is -0.333 e. The average Bonchev–Trinajstić information content (AvgIpc) is 2.52. The fraction of sp³-hybridized carbons (Fsp3) is 0.200. The van der Waals surface area contributed by atoms with Gasteiger partial charge in [0.2, 0.25) is 0 Å². The third-order valence-electron chi connectivity index (χ3n) is 2.02. The molecule has 1 aromatic rings. The Bertz CT molecular complexity index is 337. The summed E-state index contributed by atoms with van der Waals surface area (Å²) >= 11 is 1.69. The van der Waals surface area contributed by atoms with Crippen molar-refractivity contribution in [1.82, 2.24) is 0 Å². The van der Waals surface area contributed by atoms with Crippen molar-refractivity contribution >= 4 is 17.4 Å². The van der Waals surface area contributed by atoms with Crippen LogP contribution in [0.2, 0.25) is 0 Å². The Kier molecular flexibility index (Phi) is 2.27. The minimum atomic E-state index is -0.165. The van der Waals surface area contributed by atoms with E-state index in [1.807, 2.05) is 22.6 Å². The second-order valence-electron chi connectivity index (χ2n) is 2.88. The predicted molar refractivity (Wildman–Crippen MR) is 55.1 cm³/mol. The molecule has 0 amide bonds. The first kappa shape index (κ1) is 8.63. The molecule has 0 bridgehead atoms. The molecule has 68 valence electrons. The highest BCUT2D eigenvalue weighted by molar-refractivity contribution is 8.03. The lowest BCUT2D eigenvalue weighted by molar-refractivity contribution is 0.624. The van der Waals surface area contributed by atoms with Gasteiger partial charge in [0, 0.05) is 6.20 Å². The van der Waals surface area contributed by atoms with Gasteiger partial charge in [-0.2, -0.15) is 0 Å². The largest absolute Gasteiger partial charge is 0.333 e. The van der Waals surface area contributed by atoms with Gasteiger partial charge in [-0.3, -0.25) is 0 Å². The summed E-state index contributed by atoms with van der Waals surface area (Å²) in [7, 11) is 0. The number of benzene rings is 1. The van der Waals surface area contributed by atoms with Crippen LogP contribution in [0.15, 0.2) is 35.9 Å². The van der Waals surface area contributed by atoms with Crippen LogP contribution >= 0.6 is 11.8 Å². The Morgan fingerprint density at radius 3 is 2.77 bits per heavy atom. The van der Waals surface area contributed by atoms with Crippen LogP contribution in [0.3, 0.4) is 0 Å². The van der Waals surface area contributed by atoms with Crippen LogP contribution in [0, 0.1) is 5.82 Å². The lowest BCUT2D eigenvalue weighted by atomic mass is 10.3. The number of halogens is 1. The van der Waals surface area contributed by atoms with Gasteiger partial charge < -0.3 is 4.90 Å². The van der Waals surface area contributed by atoms with E-state index in [4.69, 9.17) is 0 Å². The molecule has 2 rings (SSSR count). The van der Waals surface area contributed by atoms with E-state index in [1.165, 1.54) is 6.07 Å². The maximum absolute atomic E-state index is 13.3. The van der Waals surface area contributed by atoms with Gasteiger partial charge >= 0.3 is 0 Å². The zero-order valence-electron chi connectivity index (χ0n) is 7.27. The molecule has 0 saturated carbocycles. The van der Waals surface area contributed by atoms with Crippen molar-refractivity contribution < 1.29 is 4.39 Å². The second-order valence-corrected chi connectivity index (χ2v) is 4.11. The van der Waals surface area contributed by atoms with Crippen molar-refractivity contribution in [2.45, 2.75) is 12.3 Å². The molecule has 1 atom stereocenters. The molecule has 3 heteroatoms. The van der Waals surface area contributed by atoms with Crippen LogP contribution in [0.5, 0.6) is 0 Å². The summed E-state index contributed by atoms with van der Waals surface area (Å²) in [6.45, 7) is 2.05. The van der Waals surface area contributed by atoms with Gasteiger partial charge in [0.15, 0.2) is 0 Å². The molecule has 1 nitrogen and oxygen atoms in total. The molecule has 1 aromatic carbocycles. The number of hydrogen-bond donors (Lipinski definition) is 0. The zero-order valence-corrected chi connectivity index (χ0v) is 8.09. The highest BCUT2D eigenvalue weighted by Crippen LogP contribution is 2.31. The number of nitrogens with zero attached hydrogens (tertiary/aromatic N) is 1. The molecule has 0 aliphatic carbocycles. The van der Waals surface area contributed by atoms with Gasteiger partial charge in [-0.05, 0) is 24.5 Å². The van der Waals surface area contributed by atoms with Gasteiger partial charge in [0.1, 0.15) is 5.82 Å². The molecule has 1 heterocycles. The van der Waals surface area contributed by atoms with E-state index in [9.17, 15) is 4.39 Å². The Hall–Kier alpha value is -0.960. The van der Waals surface area contributed by atoms with Gasteiger partial charge in [-0.1, -0.05) is 12.1 Å². The van der Waals surface area contributed by atoms with Crippen molar-refractivity contribution in [3.8, 4) is 0 Å². The molecule has 0 radical (unpaired) electrons. The fourth-order valence-corrected chi connectivity index (χ4v) is 2.08. The van der Waals surface area contributed by atoms with Crippen molar-refractivity contribution in [3.05, 3.63) is 41.7 Å². The number of rotatable bonds is 1. The van der Waals surface area contributed by atoms with Crippen LogP contribution in [-0.4, -0.2) is 5.37 Å². The lowest BCUT2D eigenvalue weighted by Gasteiger charge is -2.21. The Labute approximate surface area is 81.2 Å². The first-order valence-corrected chi connectivity index (χ1v) is 5.08. The molecule has 1 unspecified atom stereocenters. The van der Waals surface area contributed by atoms with Gasteiger partial charge in [0.25, 0.3) is 0 Å². The fourth-order valence-electron chi connectivity index (χ4n) is 1.34. The quantitative estimate of drug-likeness (QED) is 0.677. The van der Waals surface area contributed by atoms with Crippen LogP contribution in [-0.2, 0) is 0 Å². The monoisotopic (exact) mass is 195 g/mol. The highest BCUT2D eigenvalue weighted by atomic mass is 32.2. The molecule has 0 aromatic heterocycles. The molecular weight excluding hydrogens is 185 g/mol. The minimum absolute atomic E-state index is 0.165. The van der Waals surface area contributed by atoms with E-state index < -0.39 is 0 Å². The zero-order chi connectivity index (χ0) is 9.26. The molecule has 13 heavy (non-hydrogen) atoms. The molecule has 0 fully saturated rings. The Morgan fingerprint density at radius 2 is 2.15 bits per heavy atom. The SMILES string of the molecule is CC1SC=CN1c1ccccc1F. The smallest absolute Gasteiger partial charge is 0.146 e. The van der Waals surface area contributed by atoms with Crippen LogP contribution in [0.4, 0.5) is 10.1 Å².